The van der Waals surface area contributed by atoms with E-state index < -0.39 is 0 Å². The molecule has 0 bridgehead atoms. The minimum absolute atomic E-state index is 0.0744. The molecule has 3 heterocycles. The van der Waals surface area contributed by atoms with Gasteiger partial charge in [-0.1, -0.05) is 6.42 Å². The normalized spacial score (nSPS) is 20.6. The molecule has 1 amide bonds. The molecule has 1 aliphatic carbocycles. The fourth-order valence-corrected chi connectivity index (χ4v) is 3.57. The Morgan fingerprint density at radius 3 is 3.00 bits per heavy atom. The summed E-state index contributed by atoms with van der Waals surface area (Å²) in [6.45, 7) is 0.775. The van der Waals surface area contributed by atoms with E-state index in [1.165, 1.54) is 19.3 Å². The molecular weight excluding hydrogens is 304 g/mol. The van der Waals surface area contributed by atoms with Gasteiger partial charge in [0.25, 0.3) is 5.91 Å². The van der Waals surface area contributed by atoms with Gasteiger partial charge in [-0.05, 0) is 31.7 Å². The third-order valence-electron chi connectivity index (χ3n) is 4.84. The molecule has 1 atom stereocenters. The molecule has 24 heavy (non-hydrogen) atoms. The number of carbonyl (C=O) groups excluding carboxylic acids is 1. The Balaban J connectivity index is 1.37. The minimum Gasteiger partial charge on any atom is -0.474 e. The molecule has 2 aromatic rings. The van der Waals surface area contributed by atoms with Crippen molar-refractivity contribution in [3.63, 3.8) is 0 Å². The van der Waals surface area contributed by atoms with E-state index in [0.29, 0.717) is 11.4 Å². The maximum atomic E-state index is 12.5. The number of pyridine rings is 1. The van der Waals surface area contributed by atoms with Crippen molar-refractivity contribution >= 4 is 5.91 Å². The number of aromatic nitrogens is 3. The summed E-state index contributed by atoms with van der Waals surface area (Å²) in [5.41, 5.74) is 1.77. The Morgan fingerprint density at radius 2 is 2.17 bits per heavy atom. The lowest BCUT2D eigenvalue weighted by Gasteiger charge is -2.22. The highest BCUT2D eigenvalue weighted by molar-refractivity contribution is 5.94. The van der Waals surface area contributed by atoms with E-state index >= 15 is 0 Å². The van der Waals surface area contributed by atoms with Crippen LogP contribution >= 0.6 is 0 Å². The fraction of sp³-hybridized carbons (Fsp3) is 0.500. The third-order valence-corrected chi connectivity index (χ3v) is 4.84. The molecule has 1 N–H and O–H groups in total. The molecule has 1 aliphatic heterocycles. The predicted molar refractivity (Wildman–Crippen MR) is 88.9 cm³/mol. The van der Waals surface area contributed by atoms with E-state index in [-0.39, 0.29) is 18.1 Å². The Morgan fingerprint density at radius 1 is 1.29 bits per heavy atom. The molecule has 2 aliphatic rings. The van der Waals surface area contributed by atoms with Gasteiger partial charge in [-0.25, -0.2) is 9.97 Å². The summed E-state index contributed by atoms with van der Waals surface area (Å²) in [4.78, 5) is 20.9. The SMILES string of the molecule is O=C(NC1Cc2cncn2C1)c1ccnc(OC2CCCCC2)c1. The van der Waals surface area contributed by atoms with Gasteiger partial charge in [0.05, 0.1) is 12.4 Å². The summed E-state index contributed by atoms with van der Waals surface area (Å²) in [5, 5.41) is 3.09. The number of imidazole rings is 1. The van der Waals surface area contributed by atoms with Gasteiger partial charge < -0.3 is 14.6 Å². The van der Waals surface area contributed by atoms with Crippen LogP contribution in [-0.4, -0.2) is 32.6 Å². The highest BCUT2D eigenvalue weighted by atomic mass is 16.5. The molecular formula is C18H22N4O2. The van der Waals surface area contributed by atoms with E-state index in [4.69, 9.17) is 4.74 Å². The van der Waals surface area contributed by atoms with Crippen LogP contribution in [0.5, 0.6) is 5.88 Å². The average Bonchev–Trinajstić information content (AvgIpc) is 3.17. The topological polar surface area (TPSA) is 69.0 Å². The van der Waals surface area contributed by atoms with Crippen LogP contribution < -0.4 is 10.1 Å². The molecule has 2 aromatic heterocycles. The molecule has 6 nitrogen and oxygen atoms in total. The number of amides is 1. The number of nitrogens with zero attached hydrogens (tertiary/aromatic N) is 3. The zero-order chi connectivity index (χ0) is 16.4. The van der Waals surface area contributed by atoms with Crippen molar-refractivity contribution in [2.75, 3.05) is 0 Å². The van der Waals surface area contributed by atoms with E-state index in [9.17, 15) is 4.79 Å². The Hall–Kier alpha value is -2.37. The lowest BCUT2D eigenvalue weighted by molar-refractivity contribution is 0.0934. The van der Waals surface area contributed by atoms with Crippen LogP contribution in [0.4, 0.5) is 0 Å². The minimum atomic E-state index is -0.0744. The van der Waals surface area contributed by atoms with Crippen LogP contribution in [-0.2, 0) is 13.0 Å². The number of nitrogens with one attached hydrogen (secondary N) is 1. The van der Waals surface area contributed by atoms with Crippen molar-refractivity contribution in [1.82, 2.24) is 19.9 Å². The quantitative estimate of drug-likeness (QED) is 0.936. The lowest BCUT2D eigenvalue weighted by Crippen LogP contribution is -2.36. The number of hydrogen-bond acceptors (Lipinski definition) is 4. The van der Waals surface area contributed by atoms with Gasteiger partial charge in [0, 0.05) is 42.7 Å². The average molecular weight is 326 g/mol. The van der Waals surface area contributed by atoms with Crippen molar-refractivity contribution in [3.8, 4) is 5.88 Å². The van der Waals surface area contributed by atoms with Gasteiger partial charge >= 0.3 is 0 Å². The highest BCUT2D eigenvalue weighted by Gasteiger charge is 2.23. The summed E-state index contributed by atoms with van der Waals surface area (Å²) in [7, 11) is 0. The zero-order valence-corrected chi connectivity index (χ0v) is 13.6. The second-order valence-corrected chi connectivity index (χ2v) is 6.67. The summed E-state index contributed by atoms with van der Waals surface area (Å²) in [6, 6.07) is 3.60. The molecule has 1 saturated carbocycles. The van der Waals surface area contributed by atoms with Crippen LogP contribution in [0, 0.1) is 0 Å². The fourth-order valence-electron chi connectivity index (χ4n) is 3.57. The number of carbonyl (C=O) groups is 1. The summed E-state index contributed by atoms with van der Waals surface area (Å²) in [5.74, 6) is 0.478. The zero-order valence-electron chi connectivity index (χ0n) is 13.6. The molecule has 0 spiro atoms. The highest BCUT2D eigenvalue weighted by Crippen LogP contribution is 2.22. The molecule has 126 valence electrons. The van der Waals surface area contributed by atoms with Gasteiger partial charge in [0.2, 0.25) is 5.88 Å². The third kappa shape index (κ3) is 3.27. The maximum Gasteiger partial charge on any atom is 0.251 e. The van der Waals surface area contributed by atoms with Crippen molar-refractivity contribution in [2.24, 2.45) is 0 Å². The largest absolute Gasteiger partial charge is 0.474 e. The Kier molecular flexibility index (Phi) is 4.19. The standard InChI is InChI=1S/C18H22N4O2/c23-18(21-14-9-15-10-19-12-22(15)11-14)13-6-7-20-17(8-13)24-16-4-2-1-3-5-16/h6-8,10,12,14,16H,1-5,9,11H2,(H,21,23). The number of hydrogen-bond donors (Lipinski definition) is 1. The van der Waals surface area contributed by atoms with E-state index in [1.807, 2.05) is 12.5 Å². The molecule has 1 fully saturated rings. The van der Waals surface area contributed by atoms with Gasteiger partial charge in [-0.15, -0.1) is 0 Å². The second kappa shape index (κ2) is 6.63. The first-order valence-corrected chi connectivity index (χ1v) is 8.70. The van der Waals surface area contributed by atoms with Crippen LogP contribution in [0.25, 0.3) is 0 Å². The number of rotatable bonds is 4. The first-order valence-electron chi connectivity index (χ1n) is 8.70. The number of fused-ring (bicyclic) bond motifs is 1. The van der Waals surface area contributed by atoms with Gasteiger partial charge in [0.15, 0.2) is 0 Å². The maximum absolute atomic E-state index is 12.5. The Labute approximate surface area is 141 Å². The van der Waals surface area contributed by atoms with Crippen molar-refractivity contribution < 1.29 is 9.53 Å². The van der Waals surface area contributed by atoms with Crippen LogP contribution in [0.3, 0.4) is 0 Å². The van der Waals surface area contributed by atoms with Gasteiger partial charge in [-0.2, -0.15) is 0 Å². The summed E-state index contributed by atoms with van der Waals surface area (Å²) < 4.78 is 8.03. The second-order valence-electron chi connectivity index (χ2n) is 6.67. The first kappa shape index (κ1) is 15.2. The van der Waals surface area contributed by atoms with Gasteiger partial charge in [0.1, 0.15) is 6.10 Å². The molecule has 0 aromatic carbocycles. The van der Waals surface area contributed by atoms with E-state index in [0.717, 1.165) is 31.5 Å². The summed E-state index contributed by atoms with van der Waals surface area (Å²) in [6.07, 6.45) is 12.2. The van der Waals surface area contributed by atoms with Crippen LogP contribution in [0.1, 0.15) is 48.2 Å². The molecule has 0 saturated heterocycles. The molecule has 0 radical (unpaired) electrons. The van der Waals surface area contributed by atoms with Crippen molar-refractivity contribution in [3.05, 3.63) is 42.1 Å². The lowest BCUT2D eigenvalue weighted by atomic mass is 9.98. The van der Waals surface area contributed by atoms with Crippen molar-refractivity contribution in [1.29, 1.82) is 0 Å². The van der Waals surface area contributed by atoms with Gasteiger partial charge in [-0.3, -0.25) is 4.79 Å². The molecule has 6 heteroatoms. The van der Waals surface area contributed by atoms with Crippen LogP contribution in [0.2, 0.25) is 0 Å². The van der Waals surface area contributed by atoms with E-state index in [1.54, 1.807) is 18.3 Å². The molecule has 4 rings (SSSR count). The van der Waals surface area contributed by atoms with E-state index in [2.05, 4.69) is 19.9 Å². The monoisotopic (exact) mass is 326 g/mol. The predicted octanol–water partition coefficient (Wildman–Crippen LogP) is 2.34. The Bertz CT molecular complexity index is 701. The first-order chi connectivity index (χ1) is 11.8. The van der Waals surface area contributed by atoms with Crippen molar-refractivity contribution in [2.45, 2.75) is 57.2 Å². The number of ether oxygens (including phenoxy) is 1. The summed E-state index contributed by atoms with van der Waals surface area (Å²) >= 11 is 0. The smallest absolute Gasteiger partial charge is 0.251 e. The van der Waals surface area contributed by atoms with Crippen LogP contribution in [0.15, 0.2) is 30.9 Å². The molecule has 1 unspecified atom stereocenters.